The fourth-order valence-corrected chi connectivity index (χ4v) is 3.10. The molecule has 2 aromatic rings. The minimum Gasteiger partial charge on any atom is -0.495 e. The highest BCUT2D eigenvalue weighted by Crippen LogP contribution is 2.28. The van der Waals surface area contributed by atoms with Gasteiger partial charge in [-0.2, -0.15) is 0 Å². The molecule has 0 saturated carbocycles. The first-order chi connectivity index (χ1) is 12.3. The fraction of sp³-hybridized carbons (Fsp3) is 0.421. The van der Waals surface area contributed by atoms with Gasteiger partial charge in [0.15, 0.2) is 5.76 Å². The van der Waals surface area contributed by atoms with Crippen LogP contribution in [0.2, 0.25) is 0 Å². The van der Waals surface area contributed by atoms with E-state index in [0.717, 1.165) is 50.6 Å². The van der Waals surface area contributed by atoms with Crippen molar-refractivity contribution in [2.45, 2.75) is 6.42 Å². The van der Waals surface area contributed by atoms with Crippen molar-refractivity contribution in [1.29, 1.82) is 0 Å². The largest absolute Gasteiger partial charge is 0.495 e. The number of hydrogen-bond donors (Lipinski definition) is 1. The summed E-state index contributed by atoms with van der Waals surface area (Å²) in [5, 5.41) is 2.89. The van der Waals surface area contributed by atoms with Gasteiger partial charge in [-0.25, -0.2) is 0 Å². The molecule has 1 aliphatic heterocycles. The summed E-state index contributed by atoms with van der Waals surface area (Å²) < 4.78 is 10.5. The van der Waals surface area contributed by atoms with Crippen molar-refractivity contribution in [2.24, 2.45) is 0 Å². The van der Waals surface area contributed by atoms with Crippen LogP contribution in [-0.2, 0) is 0 Å². The van der Waals surface area contributed by atoms with Crippen molar-refractivity contribution in [2.75, 3.05) is 51.3 Å². The summed E-state index contributed by atoms with van der Waals surface area (Å²) in [6.07, 6.45) is 2.44. The second-order valence-corrected chi connectivity index (χ2v) is 6.09. The van der Waals surface area contributed by atoms with Crippen LogP contribution in [-0.4, -0.2) is 57.2 Å². The maximum absolute atomic E-state index is 11.8. The maximum Gasteiger partial charge on any atom is 0.286 e. The van der Waals surface area contributed by atoms with Gasteiger partial charge in [-0.05, 0) is 37.2 Å². The molecule has 1 saturated heterocycles. The average molecular weight is 343 g/mol. The number of carbonyl (C=O) groups is 1. The number of benzene rings is 1. The van der Waals surface area contributed by atoms with Crippen molar-refractivity contribution in [3.05, 3.63) is 48.4 Å². The van der Waals surface area contributed by atoms with Gasteiger partial charge in [0.2, 0.25) is 0 Å². The van der Waals surface area contributed by atoms with E-state index in [1.807, 2.05) is 18.2 Å². The van der Waals surface area contributed by atoms with E-state index < -0.39 is 0 Å². The molecule has 1 aliphatic rings. The van der Waals surface area contributed by atoms with Crippen molar-refractivity contribution in [3.63, 3.8) is 0 Å². The zero-order valence-corrected chi connectivity index (χ0v) is 14.6. The quantitative estimate of drug-likeness (QED) is 0.781. The van der Waals surface area contributed by atoms with E-state index in [-0.39, 0.29) is 5.91 Å². The molecule has 1 amide bonds. The predicted octanol–water partition coefficient (Wildman–Crippen LogP) is 2.23. The number of nitrogens with one attached hydrogen (secondary N) is 1. The summed E-state index contributed by atoms with van der Waals surface area (Å²) in [5.41, 5.74) is 1.16. The van der Waals surface area contributed by atoms with Gasteiger partial charge in [-0.3, -0.25) is 9.69 Å². The number of furan rings is 1. The highest BCUT2D eigenvalue weighted by Gasteiger charge is 2.19. The third kappa shape index (κ3) is 4.54. The second kappa shape index (κ2) is 8.58. The van der Waals surface area contributed by atoms with Gasteiger partial charge in [0.1, 0.15) is 5.75 Å². The Hall–Kier alpha value is -2.47. The summed E-state index contributed by atoms with van der Waals surface area (Å²) in [7, 11) is 1.71. The molecule has 1 aromatic carbocycles. The number of carbonyl (C=O) groups excluding carboxylic acids is 1. The van der Waals surface area contributed by atoms with Crippen LogP contribution in [0.1, 0.15) is 17.0 Å². The normalized spacial score (nSPS) is 15.2. The average Bonchev–Trinajstić information content (AvgIpc) is 3.20. The summed E-state index contributed by atoms with van der Waals surface area (Å²) >= 11 is 0. The van der Waals surface area contributed by atoms with Crippen LogP contribution < -0.4 is 15.0 Å². The fourth-order valence-electron chi connectivity index (χ4n) is 3.10. The van der Waals surface area contributed by atoms with E-state index in [9.17, 15) is 4.79 Å². The monoisotopic (exact) mass is 343 g/mol. The molecule has 0 aliphatic carbocycles. The molecule has 0 spiro atoms. The van der Waals surface area contributed by atoms with Gasteiger partial charge < -0.3 is 19.4 Å². The first-order valence-electron chi connectivity index (χ1n) is 8.70. The Bertz CT molecular complexity index is 664. The van der Waals surface area contributed by atoms with E-state index in [0.29, 0.717) is 12.3 Å². The molecule has 6 heteroatoms. The number of ether oxygens (including phenoxy) is 1. The Labute approximate surface area is 148 Å². The number of amides is 1. The highest BCUT2D eigenvalue weighted by atomic mass is 16.5. The van der Waals surface area contributed by atoms with Gasteiger partial charge in [0.05, 0.1) is 19.1 Å². The van der Waals surface area contributed by atoms with Crippen LogP contribution >= 0.6 is 0 Å². The molecule has 25 heavy (non-hydrogen) atoms. The lowest BCUT2D eigenvalue weighted by atomic mass is 10.2. The molecule has 0 radical (unpaired) electrons. The van der Waals surface area contributed by atoms with Crippen LogP contribution in [0.25, 0.3) is 0 Å². The lowest BCUT2D eigenvalue weighted by Gasteiger charge is -2.36. The van der Waals surface area contributed by atoms with Gasteiger partial charge in [0.25, 0.3) is 5.91 Å². The lowest BCUT2D eigenvalue weighted by Crippen LogP contribution is -2.47. The zero-order chi connectivity index (χ0) is 17.5. The number of para-hydroxylation sites is 2. The molecule has 0 unspecified atom stereocenters. The summed E-state index contributed by atoms with van der Waals surface area (Å²) in [5.74, 6) is 1.15. The van der Waals surface area contributed by atoms with Gasteiger partial charge in [-0.1, -0.05) is 12.1 Å². The zero-order valence-electron chi connectivity index (χ0n) is 14.6. The number of anilines is 1. The second-order valence-electron chi connectivity index (χ2n) is 6.09. The van der Waals surface area contributed by atoms with Gasteiger partial charge in [-0.15, -0.1) is 0 Å². The number of piperazine rings is 1. The van der Waals surface area contributed by atoms with E-state index >= 15 is 0 Å². The van der Waals surface area contributed by atoms with Crippen molar-refractivity contribution in [3.8, 4) is 5.75 Å². The summed E-state index contributed by atoms with van der Waals surface area (Å²) in [6.45, 7) is 5.65. The van der Waals surface area contributed by atoms with Crippen LogP contribution in [0, 0.1) is 0 Å². The molecule has 6 nitrogen and oxygen atoms in total. The third-order valence-electron chi connectivity index (χ3n) is 4.48. The summed E-state index contributed by atoms with van der Waals surface area (Å²) in [4.78, 5) is 16.6. The third-order valence-corrected chi connectivity index (χ3v) is 4.48. The molecule has 3 rings (SSSR count). The topological polar surface area (TPSA) is 58.0 Å². The number of methoxy groups -OCH3 is 1. The smallest absolute Gasteiger partial charge is 0.286 e. The van der Waals surface area contributed by atoms with E-state index in [1.54, 1.807) is 19.2 Å². The SMILES string of the molecule is COc1ccccc1N1CCN(CCCNC(=O)c2ccco2)CC1. The summed E-state index contributed by atoms with van der Waals surface area (Å²) in [6, 6.07) is 11.5. The Morgan fingerprint density at radius 2 is 1.96 bits per heavy atom. The molecule has 0 bridgehead atoms. The minimum absolute atomic E-state index is 0.147. The van der Waals surface area contributed by atoms with Crippen molar-refractivity contribution >= 4 is 11.6 Å². The molecular formula is C19H25N3O3. The Balaban J connectivity index is 1.37. The Morgan fingerprint density at radius 1 is 1.16 bits per heavy atom. The highest BCUT2D eigenvalue weighted by molar-refractivity contribution is 5.91. The molecule has 2 heterocycles. The number of hydrogen-bond acceptors (Lipinski definition) is 5. The molecule has 1 aromatic heterocycles. The Morgan fingerprint density at radius 3 is 2.68 bits per heavy atom. The number of rotatable bonds is 7. The molecular weight excluding hydrogens is 318 g/mol. The van der Waals surface area contributed by atoms with E-state index in [1.165, 1.54) is 6.26 Å². The van der Waals surface area contributed by atoms with Crippen LogP contribution in [0.4, 0.5) is 5.69 Å². The molecule has 0 atom stereocenters. The Kier molecular flexibility index (Phi) is 5.95. The van der Waals surface area contributed by atoms with Crippen LogP contribution in [0.5, 0.6) is 5.75 Å². The standard InChI is InChI=1S/C19H25N3O3/c1-24-17-7-3-2-6-16(17)22-13-11-21(12-14-22)10-5-9-20-19(23)18-8-4-15-25-18/h2-4,6-8,15H,5,9-14H2,1H3,(H,20,23). The predicted molar refractivity (Wildman–Crippen MR) is 97.3 cm³/mol. The molecule has 1 N–H and O–H groups in total. The van der Waals surface area contributed by atoms with Gasteiger partial charge in [0, 0.05) is 32.7 Å². The van der Waals surface area contributed by atoms with E-state index in [4.69, 9.17) is 9.15 Å². The van der Waals surface area contributed by atoms with E-state index in [2.05, 4.69) is 21.2 Å². The van der Waals surface area contributed by atoms with Crippen molar-refractivity contribution < 1.29 is 13.9 Å². The van der Waals surface area contributed by atoms with Crippen LogP contribution in [0.15, 0.2) is 47.1 Å². The van der Waals surface area contributed by atoms with Gasteiger partial charge >= 0.3 is 0 Å². The minimum atomic E-state index is -0.147. The molecule has 134 valence electrons. The first-order valence-corrected chi connectivity index (χ1v) is 8.70. The number of nitrogens with zero attached hydrogens (tertiary/aromatic N) is 2. The maximum atomic E-state index is 11.8. The van der Waals surface area contributed by atoms with Crippen molar-refractivity contribution in [1.82, 2.24) is 10.2 Å². The first kappa shape index (κ1) is 17.4. The molecule has 1 fully saturated rings. The lowest BCUT2D eigenvalue weighted by molar-refractivity contribution is 0.0924. The van der Waals surface area contributed by atoms with Crippen LogP contribution in [0.3, 0.4) is 0 Å².